The molecule has 4 rings (SSSR count). The van der Waals surface area contributed by atoms with Crippen molar-refractivity contribution in [2.45, 2.75) is 62.2 Å². The van der Waals surface area contributed by atoms with Gasteiger partial charge >= 0.3 is 11.9 Å². The summed E-state index contributed by atoms with van der Waals surface area (Å²) in [7, 11) is 1.30. The molecule has 2 aromatic rings. The van der Waals surface area contributed by atoms with E-state index >= 15 is 0 Å². The average Bonchev–Trinajstić information content (AvgIpc) is 3.46. The number of hydrogen-bond acceptors (Lipinski definition) is 7. The zero-order valence-corrected chi connectivity index (χ0v) is 20.4. The van der Waals surface area contributed by atoms with Gasteiger partial charge in [-0.05, 0) is 19.3 Å². The summed E-state index contributed by atoms with van der Waals surface area (Å²) in [4.78, 5) is 45.0. The number of halogens is 3. The Morgan fingerprint density at radius 2 is 2.03 bits per heavy atom. The Morgan fingerprint density at radius 1 is 1.34 bits per heavy atom. The summed E-state index contributed by atoms with van der Waals surface area (Å²) in [5, 5.41) is 16.0. The molecular formula is C21H26F3N5O5S. The van der Waals surface area contributed by atoms with Crippen LogP contribution < -0.4 is 11.2 Å². The molecular weight excluding hydrogens is 491 g/mol. The second kappa shape index (κ2) is 9.13. The van der Waals surface area contributed by atoms with Gasteiger partial charge in [-0.1, -0.05) is 13.8 Å². The molecule has 2 N–H and O–H groups in total. The van der Waals surface area contributed by atoms with Crippen LogP contribution in [0.3, 0.4) is 0 Å². The lowest BCUT2D eigenvalue weighted by Gasteiger charge is -2.23. The lowest BCUT2D eigenvalue weighted by atomic mass is 9.91. The number of rotatable bonds is 5. The smallest absolute Gasteiger partial charge is 0.389 e. The van der Waals surface area contributed by atoms with Crippen LogP contribution in [0.2, 0.25) is 0 Å². The summed E-state index contributed by atoms with van der Waals surface area (Å²) in [6.45, 7) is 5.23. The van der Waals surface area contributed by atoms with Gasteiger partial charge in [0.05, 0.1) is 29.2 Å². The van der Waals surface area contributed by atoms with Gasteiger partial charge in [0.2, 0.25) is 0 Å². The van der Waals surface area contributed by atoms with Crippen LogP contribution in [0.4, 0.5) is 13.2 Å². The van der Waals surface area contributed by atoms with Gasteiger partial charge in [-0.15, -0.1) is 11.8 Å². The zero-order valence-electron chi connectivity index (χ0n) is 19.5. The molecule has 35 heavy (non-hydrogen) atoms. The van der Waals surface area contributed by atoms with Crippen molar-refractivity contribution in [1.82, 2.24) is 24.4 Å². The van der Waals surface area contributed by atoms with E-state index in [1.807, 2.05) is 13.8 Å². The van der Waals surface area contributed by atoms with Crippen LogP contribution in [0.25, 0.3) is 0 Å². The Balaban J connectivity index is 1.86. The first-order valence-electron chi connectivity index (χ1n) is 11.0. The van der Waals surface area contributed by atoms with Gasteiger partial charge in [-0.2, -0.15) is 18.3 Å². The van der Waals surface area contributed by atoms with E-state index in [2.05, 4.69) is 10.2 Å². The number of hydroxylamine groups is 2. The average molecular weight is 518 g/mol. The van der Waals surface area contributed by atoms with E-state index in [1.165, 1.54) is 18.5 Å². The Labute approximate surface area is 202 Å². The van der Waals surface area contributed by atoms with Crippen LogP contribution in [0.1, 0.15) is 42.3 Å². The molecule has 10 nitrogen and oxygen atoms in total. The topological polar surface area (TPSA) is 122 Å². The highest BCUT2D eigenvalue weighted by Gasteiger charge is 2.48. The second-order valence-corrected chi connectivity index (χ2v) is 10.5. The molecule has 1 saturated heterocycles. The summed E-state index contributed by atoms with van der Waals surface area (Å²) < 4.78 is 43.1. The fourth-order valence-corrected chi connectivity index (χ4v) is 6.00. The number of β-amino-alcohol motifs (C(OH)–C–C–N with tert-alkyl or cyclic N) is 1. The molecule has 0 bridgehead atoms. The van der Waals surface area contributed by atoms with Gasteiger partial charge in [0, 0.05) is 30.1 Å². The Kier molecular flexibility index (Phi) is 6.66. The van der Waals surface area contributed by atoms with Crippen molar-refractivity contribution in [2.24, 2.45) is 13.0 Å². The monoisotopic (exact) mass is 517 g/mol. The number of aromatic amines is 1. The van der Waals surface area contributed by atoms with Crippen molar-refractivity contribution in [2.75, 3.05) is 13.2 Å². The van der Waals surface area contributed by atoms with Crippen LogP contribution in [-0.2, 0) is 35.8 Å². The van der Waals surface area contributed by atoms with Crippen molar-refractivity contribution in [3.05, 3.63) is 43.4 Å². The van der Waals surface area contributed by atoms with Gasteiger partial charge < -0.3 is 5.11 Å². The molecule has 1 fully saturated rings. The van der Waals surface area contributed by atoms with Crippen molar-refractivity contribution < 1.29 is 27.9 Å². The predicted octanol–water partition coefficient (Wildman–Crippen LogP) is 1.19. The minimum Gasteiger partial charge on any atom is -0.389 e. The first-order chi connectivity index (χ1) is 16.3. The molecule has 0 spiro atoms. The first kappa shape index (κ1) is 25.5. The summed E-state index contributed by atoms with van der Waals surface area (Å²) in [5.74, 6) is -1.82. The van der Waals surface area contributed by atoms with Gasteiger partial charge in [0.1, 0.15) is 6.61 Å². The molecule has 1 amide bonds. The third-order valence-corrected chi connectivity index (χ3v) is 7.49. The maximum Gasteiger partial charge on any atom is 0.435 e. The molecule has 0 aliphatic carbocycles. The highest BCUT2D eigenvalue weighted by Crippen LogP contribution is 2.47. The Morgan fingerprint density at radius 3 is 2.60 bits per heavy atom. The quantitative estimate of drug-likeness (QED) is 0.572. The summed E-state index contributed by atoms with van der Waals surface area (Å²) in [6.07, 6.45) is -5.87. The van der Waals surface area contributed by atoms with E-state index in [9.17, 15) is 32.7 Å². The zero-order chi connectivity index (χ0) is 25.8. The minimum atomic E-state index is -4.71. The highest BCUT2D eigenvalue weighted by atomic mass is 32.2. The van der Waals surface area contributed by atoms with Crippen molar-refractivity contribution >= 4 is 17.7 Å². The third kappa shape index (κ3) is 4.54. The number of H-pyrrole nitrogens is 1. The second-order valence-electron chi connectivity index (χ2n) is 9.23. The third-order valence-electron chi connectivity index (χ3n) is 6.08. The van der Waals surface area contributed by atoms with E-state index in [0.29, 0.717) is 0 Å². The number of aliphatic hydroxyl groups is 1. The fourth-order valence-electron chi connectivity index (χ4n) is 4.45. The molecule has 2 aliphatic heterocycles. The fraction of sp³-hybridized carbons (Fsp3) is 0.619. The van der Waals surface area contributed by atoms with Crippen molar-refractivity contribution in [3.63, 3.8) is 0 Å². The first-order valence-corrected chi connectivity index (χ1v) is 11.9. The van der Waals surface area contributed by atoms with Crippen LogP contribution >= 0.6 is 11.8 Å². The number of carbonyl (C=O) groups excluding carboxylic acids is 1. The number of aliphatic hydroxyl groups excluding tert-OH is 1. The van der Waals surface area contributed by atoms with Gasteiger partial charge in [0.15, 0.2) is 5.69 Å². The molecule has 2 unspecified atom stereocenters. The number of nitrogens with one attached hydrogen (secondary N) is 1. The molecule has 0 radical (unpaired) electrons. The molecule has 4 heterocycles. The molecule has 2 aromatic heterocycles. The largest absolute Gasteiger partial charge is 0.435 e. The number of aryl methyl sites for hydroxylation is 1. The normalized spacial score (nSPS) is 22.3. The van der Waals surface area contributed by atoms with E-state index in [1.54, 1.807) is 0 Å². The standard InChI is InChI=1S/C21H26F3N5O5S/c1-9(2)6-28-19-15(17(31)27(4)20(28)33)14(18(32)29-7-11(30)8-34-29)13(35-19)5-12-10(3)25-26-16(12)21(22,23)24/h9,11,13-14,30H,5-8H2,1-4H3,(H,25,26)/t11-,13?,14?/m0/s1. The van der Waals surface area contributed by atoms with E-state index in [4.69, 9.17) is 4.84 Å². The lowest BCUT2D eigenvalue weighted by Crippen LogP contribution is -2.44. The Bertz CT molecular complexity index is 1270. The summed E-state index contributed by atoms with van der Waals surface area (Å²) in [5.41, 5.74) is -2.20. The van der Waals surface area contributed by atoms with Gasteiger partial charge in [-0.25, -0.2) is 9.86 Å². The number of carbonyl (C=O) groups is 1. The molecule has 14 heteroatoms. The maximum atomic E-state index is 13.6. The number of nitrogens with zero attached hydrogens (tertiary/aromatic N) is 4. The number of aromatic nitrogens is 4. The number of alkyl halides is 3. The van der Waals surface area contributed by atoms with Crippen LogP contribution in [0, 0.1) is 12.8 Å². The van der Waals surface area contributed by atoms with Crippen LogP contribution in [0.15, 0.2) is 14.6 Å². The van der Waals surface area contributed by atoms with Crippen LogP contribution in [0.5, 0.6) is 0 Å². The number of fused-ring (bicyclic) bond motifs is 1. The SMILES string of the molecule is Cc1[nH]nc(C(F)(F)F)c1CC1Sc2c(c(=O)n(C)c(=O)n2CC(C)C)C1C(=O)N1C[C@H](O)CO1. The van der Waals surface area contributed by atoms with Crippen LogP contribution in [-0.4, -0.2) is 59.9 Å². The molecule has 192 valence electrons. The van der Waals surface area contributed by atoms with Gasteiger partial charge in [0.25, 0.3) is 11.5 Å². The summed E-state index contributed by atoms with van der Waals surface area (Å²) in [6, 6.07) is 0. The number of hydrogen-bond donors (Lipinski definition) is 2. The van der Waals surface area contributed by atoms with E-state index in [-0.39, 0.29) is 53.9 Å². The van der Waals surface area contributed by atoms with Crippen molar-refractivity contribution in [3.8, 4) is 0 Å². The molecule has 2 aliphatic rings. The molecule has 3 atom stereocenters. The minimum absolute atomic E-state index is 0.0214. The van der Waals surface area contributed by atoms with E-state index < -0.39 is 46.3 Å². The number of thioether (sulfide) groups is 1. The molecule has 0 saturated carbocycles. The summed E-state index contributed by atoms with van der Waals surface area (Å²) >= 11 is 1.04. The molecule has 0 aromatic carbocycles. The Hall–Kier alpha value is -2.58. The highest BCUT2D eigenvalue weighted by molar-refractivity contribution is 8.00. The predicted molar refractivity (Wildman–Crippen MR) is 119 cm³/mol. The lowest BCUT2D eigenvalue weighted by molar-refractivity contribution is -0.170. The van der Waals surface area contributed by atoms with Crippen molar-refractivity contribution in [1.29, 1.82) is 0 Å². The maximum absolute atomic E-state index is 13.6. The van der Waals surface area contributed by atoms with E-state index in [0.717, 1.165) is 21.4 Å². The number of amides is 1. The van der Waals surface area contributed by atoms with Gasteiger partial charge in [-0.3, -0.25) is 28.7 Å².